The van der Waals surface area contributed by atoms with Crippen LogP contribution in [0.25, 0.3) is 0 Å². The minimum atomic E-state index is -0.872. The van der Waals surface area contributed by atoms with Crippen molar-refractivity contribution in [3.63, 3.8) is 0 Å². The van der Waals surface area contributed by atoms with E-state index in [0.29, 0.717) is 85.4 Å². The van der Waals surface area contributed by atoms with Crippen LogP contribution in [0, 0.1) is 82.9 Å². The molecule has 20 atom stereocenters. The van der Waals surface area contributed by atoms with Crippen molar-refractivity contribution in [2.75, 3.05) is 53.6 Å². The van der Waals surface area contributed by atoms with Crippen molar-refractivity contribution in [2.24, 2.45) is 82.9 Å². The van der Waals surface area contributed by atoms with Crippen molar-refractivity contribution in [2.45, 2.75) is 129 Å². The molecule has 56 heavy (non-hydrogen) atoms. The number of methoxy groups -OCH3 is 2. The fraction of sp³-hybridized carbons (Fsp3) is 0.955. The molecule has 0 bridgehead atoms. The van der Waals surface area contributed by atoms with E-state index < -0.39 is 24.1 Å². The zero-order valence-corrected chi connectivity index (χ0v) is 35.1. The Morgan fingerprint density at radius 2 is 0.982 bits per heavy atom. The summed E-state index contributed by atoms with van der Waals surface area (Å²) in [6, 6.07) is 0. The Morgan fingerprint density at radius 1 is 0.589 bits per heavy atom. The number of esters is 2. The summed E-state index contributed by atoms with van der Waals surface area (Å²) >= 11 is 0. The van der Waals surface area contributed by atoms with Crippen LogP contribution in [0.4, 0.5) is 0 Å². The highest BCUT2D eigenvalue weighted by Crippen LogP contribution is 2.63. The molecule has 0 aromatic rings. The Hall–Kier alpha value is -1.38. The van der Waals surface area contributed by atoms with Crippen molar-refractivity contribution in [3.05, 3.63) is 0 Å². The second-order valence-corrected chi connectivity index (χ2v) is 19.3. The third-order valence-electron chi connectivity index (χ3n) is 16.2. The Labute approximate surface area is 335 Å². The van der Waals surface area contributed by atoms with Crippen LogP contribution in [0.15, 0.2) is 0 Å². The molecule has 6 N–H and O–H groups in total. The standard InChI is InChI=1S/C44H76N2O10/c1-23-17-25(3)41(53-5)39-31(13-15-45-19-27(49)21-47)37-29(35(23)39)9-7-11-33(37)55-43(51)44(52)56-34-12-8-10-30-36-24(2)18-26(4)42(54-6)40(36)32(38(30)34)14-16-46-20-28(50)22-48/h23-42,45-50H,7-22H2,1-6H3. The van der Waals surface area contributed by atoms with Crippen LogP contribution in [-0.4, -0.2) is 123 Å². The molecule has 12 heteroatoms. The van der Waals surface area contributed by atoms with Gasteiger partial charge in [-0.05, 0) is 148 Å². The highest BCUT2D eigenvalue weighted by molar-refractivity contribution is 6.29. The van der Waals surface area contributed by atoms with Crippen LogP contribution in [0.3, 0.4) is 0 Å². The van der Waals surface area contributed by atoms with Gasteiger partial charge in [-0.1, -0.05) is 27.7 Å². The highest BCUT2D eigenvalue weighted by Gasteiger charge is 2.62. The molecule has 12 nitrogen and oxygen atoms in total. The van der Waals surface area contributed by atoms with Gasteiger partial charge in [0.1, 0.15) is 12.2 Å². The Balaban J connectivity index is 1.18. The zero-order valence-electron chi connectivity index (χ0n) is 35.1. The monoisotopic (exact) mass is 793 g/mol. The summed E-state index contributed by atoms with van der Waals surface area (Å²) in [5.41, 5.74) is 0. The van der Waals surface area contributed by atoms with Crippen molar-refractivity contribution >= 4 is 11.9 Å². The highest BCUT2D eigenvalue weighted by atomic mass is 16.6. The fourth-order valence-corrected chi connectivity index (χ4v) is 14.6. The van der Waals surface area contributed by atoms with E-state index in [1.54, 1.807) is 0 Å². The predicted octanol–water partition coefficient (Wildman–Crippen LogP) is 3.41. The molecule has 0 saturated heterocycles. The van der Waals surface area contributed by atoms with Crippen molar-refractivity contribution < 1.29 is 49.0 Å². The molecule has 6 fully saturated rings. The van der Waals surface area contributed by atoms with Gasteiger partial charge in [-0.2, -0.15) is 0 Å². The molecular formula is C44H76N2O10. The molecule has 6 rings (SSSR count). The third kappa shape index (κ3) is 9.03. The molecule has 6 saturated carbocycles. The van der Waals surface area contributed by atoms with Crippen LogP contribution >= 0.6 is 0 Å². The molecule has 20 unspecified atom stereocenters. The van der Waals surface area contributed by atoms with Gasteiger partial charge in [0.05, 0.1) is 37.6 Å². The Kier molecular flexibility index (Phi) is 15.6. The molecule has 0 aromatic heterocycles. The summed E-state index contributed by atoms with van der Waals surface area (Å²) in [5.74, 6) is 3.06. The normalized spacial score (nSPS) is 44.2. The average molecular weight is 793 g/mol. The van der Waals surface area contributed by atoms with Gasteiger partial charge in [0.15, 0.2) is 0 Å². The van der Waals surface area contributed by atoms with Crippen molar-refractivity contribution in [1.82, 2.24) is 10.6 Å². The number of aliphatic hydroxyl groups is 4. The summed E-state index contributed by atoms with van der Waals surface area (Å²) in [6.07, 6.45) is 7.21. The van der Waals surface area contributed by atoms with E-state index in [0.717, 1.165) is 64.2 Å². The van der Waals surface area contributed by atoms with Crippen molar-refractivity contribution in [1.29, 1.82) is 0 Å². The van der Waals surface area contributed by atoms with Gasteiger partial charge >= 0.3 is 11.9 Å². The summed E-state index contributed by atoms with van der Waals surface area (Å²) in [5, 5.41) is 45.3. The first-order valence-corrected chi connectivity index (χ1v) is 22.4. The van der Waals surface area contributed by atoms with E-state index in [2.05, 4.69) is 38.3 Å². The number of carbonyl (C=O) groups excluding carboxylic acids is 2. The van der Waals surface area contributed by atoms with E-state index >= 15 is 0 Å². The van der Waals surface area contributed by atoms with Crippen LogP contribution in [0.2, 0.25) is 0 Å². The number of hydrogen-bond acceptors (Lipinski definition) is 12. The maximum absolute atomic E-state index is 14.0. The predicted molar refractivity (Wildman–Crippen MR) is 211 cm³/mol. The van der Waals surface area contributed by atoms with Gasteiger partial charge in [0.2, 0.25) is 0 Å². The molecule has 0 aliphatic heterocycles. The smallest absolute Gasteiger partial charge is 0.417 e. The number of nitrogens with one attached hydrogen (secondary N) is 2. The van der Waals surface area contributed by atoms with Crippen LogP contribution in [0.5, 0.6) is 0 Å². The van der Waals surface area contributed by atoms with E-state index in [1.807, 2.05) is 14.2 Å². The molecule has 0 radical (unpaired) electrons. The van der Waals surface area contributed by atoms with Crippen LogP contribution in [0.1, 0.15) is 91.9 Å². The molecule has 322 valence electrons. The van der Waals surface area contributed by atoms with Crippen LogP contribution < -0.4 is 10.6 Å². The van der Waals surface area contributed by atoms with Gasteiger partial charge in [0.25, 0.3) is 0 Å². The quantitative estimate of drug-likeness (QED) is 0.0765. The fourth-order valence-electron chi connectivity index (χ4n) is 14.6. The van der Waals surface area contributed by atoms with Crippen LogP contribution in [-0.2, 0) is 28.5 Å². The number of aliphatic hydroxyl groups excluding tert-OH is 4. The first-order chi connectivity index (χ1) is 26.9. The largest absolute Gasteiger partial charge is 0.454 e. The van der Waals surface area contributed by atoms with Gasteiger partial charge < -0.3 is 50.0 Å². The van der Waals surface area contributed by atoms with Gasteiger partial charge in [0, 0.05) is 39.1 Å². The van der Waals surface area contributed by atoms with E-state index in [4.69, 9.17) is 18.9 Å². The average Bonchev–Trinajstić information content (AvgIpc) is 3.69. The summed E-state index contributed by atoms with van der Waals surface area (Å²) in [7, 11) is 3.65. The molecule has 0 amide bonds. The molecular weight excluding hydrogens is 716 g/mol. The van der Waals surface area contributed by atoms with E-state index in [9.17, 15) is 30.0 Å². The maximum atomic E-state index is 14.0. The molecule has 0 heterocycles. The minimum absolute atomic E-state index is 0.108. The maximum Gasteiger partial charge on any atom is 0.417 e. The minimum Gasteiger partial charge on any atom is -0.454 e. The Morgan fingerprint density at radius 3 is 1.34 bits per heavy atom. The van der Waals surface area contributed by atoms with Gasteiger partial charge in [-0.3, -0.25) is 0 Å². The number of ether oxygens (including phenoxy) is 4. The third-order valence-corrected chi connectivity index (χ3v) is 16.2. The molecule has 6 aliphatic carbocycles. The van der Waals surface area contributed by atoms with Gasteiger partial charge in [-0.25, -0.2) is 9.59 Å². The number of fused-ring (bicyclic) bond motifs is 6. The molecule has 6 aliphatic rings. The summed E-state index contributed by atoms with van der Waals surface area (Å²) < 4.78 is 25.1. The lowest BCUT2D eigenvalue weighted by atomic mass is 9.64. The lowest BCUT2D eigenvalue weighted by Gasteiger charge is -2.45. The van der Waals surface area contributed by atoms with E-state index in [-0.39, 0.29) is 61.3 Å². The van der Waals surface area contributed by atoms with Gasteiger partial charge in [-0.15, -0.1) is 0 Å². The molecule has 0 aromatic carbocycles. The number of carbonyl (C=O) groups is 2. The second kappa shape index (κ2) is 19.8. The number of rotatable bonds is 16. The number of hydrogen-bond donors (Lipinski definition) is 6. The first kappa shape index (κ1) is 44.2. The summed E-state index contributed by atoms with van der Waals surface area (Å²) in [6.45, 7) is 10.7. The lowest BCUT2D eigenvalue weighted by molar-refractivity contribution is -0.182. The second-order valence-electron chi connectivity index (χ2n) is 19.3. The topological polar surface area (TPSA) is 176 Å². The zero-order chi connectivity index (χ0) is 40.3. The Bertz CT molecular complexity index is 1180. The summed E-state index contributed by atoms with van der Waals surface area (Å²) in [4.78, 5) is 27.9. The van der Waals surface area contributed by atoms with Crippen molar-refractivity contribution in [3.8, 4) is 0 Å². The lowest BCUT2D eigenvalue weighted by Crippen LogP contribution is -2.45. The first-order valence-electron chi connectivity index (χ1n) is 22.4. The van der Waals surface area contributed by atoms with E-state index in [1.165, 1.54) is 0 Å². The molecule has 0 spiro atoms. The SMILES string of the molecule is COC1C(C)CC(C)C2C3CCCC(OC(=O)C(=O)OC4CCCC5C4C(CCNCC(O)CO)C4C(OC)C(C)CC(C)C54)C3C(CCNCC(O)CO)C12.